The Labute approximate surface area is 163 Å². The van der Waals surface area contributed by atoms with Crippen LogP contribution in [0.4, 0.5) is 0 Å². The molecule has 0 aromatic heterocycles. The van der Waals surface area contributed by atoms with Crippen LogP contribution in [0, 0.1) is 0 Å². The van der Waals surface area contributed by atoms with Gasteiger partial charge >= 0.3 is 0 Å². The first kappa shape index (κ1) is 20.6. The molecule has 2 aromatic carbocycles. The van der Waals surface area contributed by atoms with Crippen LogP contribution in [-0.4, -0.2) is 43.2 Å². The summed E-state index contributed by atoms with van der Waals surface area (Å²) in [5.74, 6) is 0.881. The standard InChI is InChI=1S/C20H24N2O4S/c1-4-22(12-14-9-10-16(25-2)17(11-14)26-3)20(24)15-7-5-6-8-18(15)27-13-19(21)23/h5-11H,4,12-13H2,1-3H3,(H2,21,23). The van der Waals surface area contributed by atoms with Crippen LogP contribution in [0.15, 0.2) is 47.4 Å². The molecule has 0 saturated carbocycles. The van der Waals surface area contributed by atoms with Crippen LogP contribution in [0.25, 0.3) is 0 Å². The predicted octanol–water partition coefficient (Wildman–Crippen LogP) is 2.94. The number of rotatable bonds is 9. The Morgan fingerprint density at radius 3 is 2.41 bits per heavy atom. The molecular weight excluding hydrogens is 364 g/mol. The molecule has 27 heavy (non-hydrogen) atoms. The van der Waals surface area contributed by atoms with E-state index in [1.807, 2.05) is 43.3 Å². The van der Waals surface area contributed by atoms with Gasteiger partial charge in [0.05, 0.1) is 25.5 Å². The van der Waals surface area contributed by atoms with Gasteiger partial charge in [0.25, 0.3) is 5.91 Å². The van der Waals surface area contributed by atoms with Crippen LogP contribution in [-0.2, 0) is 11.3 Å². The fourth-order valence-corrected chi connectivity index (χ4v) is 3.40. The van der Waals surface area contributed by atoms with Crippen molar-refractivity contribution in [1.29, 1.82) is 0 Å². The zero-order valence-electron chi connectivity index (χ0n) is 15.7. The number of primary amides is 1. The van der Waals surface area contributed by atoms with E-state index >= 15 is 0 Å². The first-order valence-corrected chi connectivity index (χ1v) is 9.49. The van der Waals surface area contributed by atoms with E-state index in [1.54, 1.807) is 25.2 Å². The molecule has 7 heteroatoms. The molecule has 2 amide bonds. The maximum atomic E-state index is 13.1. The van der Waals surface area contributed by atoms with Crippen molar-refractivity contribution >= 4 is 23.6 Å². The lowest BCUT2D eigenvalue weighted by molar-refractivity contribution is -0.115. The number of nitrogens with zero attached hydrogens (tertiary/aromatic N) is 1. The van der Waals surface area contributed by atoms with E-state index in [0.717, 1.165) is 10.5 Å². The van der Waals surface area contributed by atoms with Gasteiger partial charge in [0.2, 0.25) is 5.91 Å². The Kier molecular flexibility index (Phi) is 7.55. The van der Waals surface area contributed by atoms with Crippen molar-refractivity contribution in [3.63, 3.8) is 0 Å². The van der Waals surface area contributed by atoms with E-state index in [0.29, 0.717) is 30.2 Å². The van der Waals surface area contributed by atoms with Crippen molar-refractivity contribution in [2.45, 2.75) is 18.4 Å². The zero-order chi connectivity index (χ0) is 19.8. The topological polar surface area (TPSA) is 81.9 Å². The highest BCUT2D eigenvalue weighted by Gasteiger charge is 2.19. The number of carbonyl (C=O) groups is 2. The number of nitrogens with two attached hydrogens (primary N) is 1. The second-order valence-corrected chi connectivity index (χ2v) is 6.78. The van der Waals surface area contributed by atoms with Gasteiger partial charge in [-0.1, -0.05) is 18.2 Å². The highest BCUT2D eigenvalue weighted by atomic mass is 32.2. The highest BCUT2D eigenvalue weighted by molar-refractivity contribution is 8.00. The van der Waals surface area contributed by atoms with Crippen molar-refractivity contribution in [3.8, 4) is 11.5 Å². The molecule has 0 atom stereocenters. The van der Waals surface area contributed by atoms with Crippen LogP contribution >= 0.6 is 11.8 Å². The third-order valence-corrected chi connectivity index (χ3v) is 5.07. The molecule has 2 aromatic rings. The van der Waals surface area contributed by atoms with Crippen LogP contribution in [0.1, 0.15) is 22.8 Å². The predicted molar refractivity (Wildman–Crippen MR) is 106 cm³/mol. The summed E-state index contributed by atoms with van der Waals surface area (Å²) in [4.78, 5) is 26.6. The quantitative estimate of drug-likeness (QED) is 0.668. The molecule has 0 unspecified atom stereocenters. The van der Waals surface area contributed by atoms with Gasteiger partial charge in [-0.3, -0.25) is 9.59 Å². The van der Waals surface area contributed by atoms with E-state index in [4.69, 9.17) is 15.2 Å². The zero-order valence-corrected chi connectivity index (χ0v) is 16.5. The first-order chi connectivity index (χ1) is 13.0. The van der Waals surface area contributed by atoms with Crippen molar-refractivity contribution in [1.82, 2.24) is 4.90 Å². The minimum Gasteiger partial charge on any atom is -0.493 e. The number of benzene rings is 2. The third-order valence-electron chi connectivity index (χ3n) is 3.98. The van der Waals surface area contributed by atoms with Gasteiger partial charge in [-0.2, -0.15) is 0 Å². The highest BCUT2D eigenvalue weighted by Crippen LogP contribution is 2.29. The van der Waals surface area contributed by atoms with Gasteiger partial charge in [0, 0.05) is 18.0 Å². The summed E-state index contributed by atoms with van der Waals surface area (Å²) < 4.78 is 10.6. The molecule has 2 rings (SSSR count). The Hall–Kier alpha value is -2.67. The summed E-state index contributed by atoms with van der Waals surface area (Å²) in [6, 6.07) is 12.8. The number of methoxy groups -OCH3 is 2. The van der Waals surface area contributed by atoms with Crippen molar-refractivity contribution in [2.75, 3.05) is 26.5 Å². The number of amides is 2. The van der Waals surface area contributed by atoms with Gasteiger partial charge in [0.1, 0.15) is 0 Å². The molecule has 0 fully saturated rings. The van der Waals surface area contributed by atoms with Crippen molar-refractivity contribution in [3.05, 3.63) is 53.6 Å². The summed E-state index contributed by atoms with van der Waals surface area (Å²) in [7, 11) is 3.16. The minimum absolute atomic E-state index is 0.0974. The Morgan fingerprint density at radius 2 is 1.78 bits per heavy atom. The molecular formula is C20H24N2O4S. The second-order valence-electron chi connectivity index (χ2n) is 5.76. The molecule has 6 nitrogen and oxygen atoms in total. The van der Waals surface area contributed by atoms with E-state index < -0.39 is 5.91 Å². The average molecular weight is 388 g/mol. The van der Waals surface area contributed by atoms with Crippen LogP contribution < -0.4 is 15.2 Å². The third kappa shape index (κ3) is 5.40. The number of hydrogen-bond acceptors (Lipinski definition) is 5. The summed E-state index contributed by atoms with van der Waals surface area (Å²) in [5, 5.41) is 0. The van der Waals surface area contributed by atoms with E-state index in [9.17, 15) is 9.59 Å². The fraction of sp³-hybridized carbons (Fsp3) is 0.300. The average Bonchev–Trinajstić information content (AvgIpc) is 2.69. The molecule has 0 aliphatic heterocycles. The molecule has 0 heterocycles. The molecule has 0 spiro atoms. The number of thioether (sulfide) groups is 1. The molecule has 0 aliphatic rings. The molecule has 0 bridgehead atoms. The van der Waals surface area contributed by atoms with Crippen LogP contribution in [0.2, 0.25) is 0 Å². The normalized spacial score (nSPS) is 10.3. The minimum atomic E-state index is -0.417. The molecule has 0 aliphatic carbocycles. The summed E-state index contributed by atoms with van der Waals surface area (Å²) in [6.07, 6.45) is 0. The summed E-state index contributed by atoms with van der Waals surface area (Å²) in [6.45, 7) is 2.91. The van der Waals surface area contributed by atoms with Gasteiger partial charge in [-0.05, 0) is 36.8 Å². The lowest BCUT2D eigenvalue weighted by Crippen LogP contribution is -2.30. The van der Waals surface area contributed by atoms with Gasteiger partial charge < -0.3 is 20.1 Å². The lowest BCUT2D eigenvalue weighted by atomic mass is 10.1. The number of hydrogen-bond donors (Lipinski definition) is 1. The lowest BCUT2D eigenvalue weighted by Gasteiger charge is -2.23. The number of ether oxygens (including phenoxy) is 2. The molecule has 0 radical (unpaired) electrons. The van der Waals surface area contributed by atoms with E-state index in [2.05, 4.69) is 0 Å². The number of carbonyl (C=O) groups excluding carboxylic acids is 2. The smallest absolute Gasteiger partial charge is 0.255 e. The van der Waals surface area contributed by atoms with Gasteiger partial charge in [0.15, 0.2) is 11.5 Å². The van der Waals surface area contributed by atoms with Crippen LogP contribution in [0.3, 0.4) is 0 Å². The van der Waals surface area contributed by atoms with Crippen LogP contribution in [0.5, 0.6) is 11.5 Å². The SMILES string of the molecule is CCN(Cc1ccc(OC)c(OC)c1)C(=O)c1ccccc1SCC(N)=O. The maximum absolute atomic E-state index is 13.1. The molecule has 2 N–H and O–H groups in total. The Morgan fingerprint density at radius 1 is 1.07 bits per heavy atom. The largest absolute Gasteiger partial charge is 0.493 e. The Balaban J connectivity index is 2.23. The van der Waals surface area contributed by atoms with Crippen molar-refractivity contribution in [2.24, 2.45) is 5.73 Å². The van der Waals surface area contributed by atoms with Crippen molar-refractivity contribution < 1.29 is 19.1 Å². The van der Waals surface area contributed by atoms with E-state index in [1.165, 1.54) is 11.8 Å². The second kappa shape index (κ2) is 9.87. The van der Waals surface area contributed by atoms with Gasteiger partial charge in [-0.15, -0.1) is 11.8 Å². The first-order valence-electron chi connectivity index (χ1n) is 8.50. The fourth-order valence-electron chi connectivity index (χ4n) is 2.61. The van der Waals surface area contributed by atoms with Gasteiger partial charge in [-0.25, -0.2) is 0 Å². The molecule has 144 valence electrons. The maximum Gasteiger partial charge on any atom is 0.255 e. The van der Waals surface area contributed by atoms with E-state index in [-0.39, 0.29) is 11.7 Å². The summed E-state index contributed by atoms with van der Waals surface area (Å²) in [5.41, 5.74) is 6.72. The monoisotopic (exact) mass is 388 g/mol. The summed E-state index contributed by atoms with van der Waals surface area (Å²) >= 11 is 1.27. The molecule has 0 saturated heterocycles. The Bertz CT molecular complexity index is 810.